The molecule has 0 saturated carbocycles. The van der Waals surface area contributed by atoms with Crippen LogP contribution < -0.4 is 5.06 Å². The quantitative estimate of drug-likeness (QED) is 0.219. The van der Waals surface area contributed by atoms with Gasteiger partial charge in [0.15, 0.2) is 0 Å². The van der Waals surface area contributed by atoms with Crippen molar-refractivity contribution < 1.29 is 9.63 Å². The fraction of sp³-hybridized carbons (Fsp3) is 0.700. The second kappa shape index (κ2) is 15.2. The predicted octanol–water partition coefficient (Wildman–Crippen LogP) is 9.41. The second-order valence-electron chi connectivity index (χ2n) is 10.5. The molecule has 1 aromatic carbocycles. The van der Waals surface area contributed by atoms with E-state index in [1.165, 1.54) is 89.0 Å². The Hall–Kier alpha value is -1.77. The highest BCUT2D eigenvalue weighted by Crippen LogP contribution is 2.38. The number of unbranched alkanes of at least 4 members (excludes halogenated alkanes) is 14. The van der Waals surface area contributed by atoms with E-state index in [1.807, 2.05) is 18.2 Å². The zero-order chi connectivity index (χ0) is 23.9. The van der Waals surface area contributed by atoms with Crippen molar-refractivity contribution in [2.75, 3.05) is 5.06 Å². The minimum Gasteiger partial charge on any atom is -0.340 e. The number of fused-ring (bicyclic) bond motifs is 1. The first kappa shape index (κ1) is 27.5. The SMILES string of the molecule is CCCCCCCCCCCCCCCCCC(=O)ON1c2ccccc2C(C)=CC1(C)C. The molecule has 0 spiro atoms. The maximum Gasteiger partial charge on any atom is 0.332 e. The summed E-state index contributed by atoms with van der Waals surface area (Å²) in [5.74, 6) is -0.125. The summed E-state index contributed by atoms with van der Waals surface area (Å²) in [6.07, 6.45) is 22.6. The standard InChI is InChI=1S/C30H49NO2/c1-5-6-7-8-9-10-11-12-13-14-15-16-17-18-19-24-29(32)33-31-28-23-21-20-22-27(28)26(2)25-30(31,3)4/h20-23,25H,5-19,24H2,1-4H3. The Morgan fingerprint density at radius 3 is 1.82 bits per heavy atom. The number of hydrogen-bond acceptors (Lipinski definition) is 3. The maximum atomic E-state index is 12.5. The average Bonchev–Trinajstić information content (AvgIpc) is 2.79. The Labute approximate surface area is 203 Å². The van der Waals surface area contributed by atoms with Crippen LogP contribution in [0.3, 0.4) is 0 Å². The van der Waals surface area contributed by atoms with Gasteiger partial charge in [0.2, 0.25) is 0 Å². The molecule has 3 heteroatoms. The molecule has 0 saturated heterocycles. The van der Waals surface area contributed by atoms with Crippen molar-refractivity contribution in [3.8, 4) is 0 Å². The van der Waals surface area contributed by atoms with Crippen molar-refractivity contribution in [1.29, 1.82) is 0 Å². The van der Waals surface area contributed by atoms with Gasteiger partial charge in [0, 0.05) is 12.0 Å². The summed E-state index contributed by atoms with van der Waals surface area (Å²) < 4.78 is 0. The van der Waals surface area contributed by atoms with E-state index in [9.17, 15) is 4.79 Å². The molecule has 0 unspecified atom stereocenters. The Kier molecular flexibility index (Phi) is 12.6. The highest BCUT2D eigenvalue weighted by molar-refractivity contribution is 5.81. The Balaban J connectivity index is 1.51. The molecule has 0 N–H and O–H groups in total. The topological polar surface area (TPSA) is 29.5 Å². The van der Waals surface area contributed by atoms with E-state index in [4.69, 9.17) is 4.84 Å². The lowest BCUT2D eigenvalue weighted by atomic mass is 9.91. The molecule has 3 nitrogen and oxygen atoms in total. The van der Waals surface area contributed by atoms with Crippen molar-refractivity contribution in [3.63, 3.8) is 0 Å². The van der Waals surface area contributed by atoms with Crippen molar-refractivity contribution in [2.24, 2.45) is 0 Å². The number of anilines is 1. The number of carbonyl (C=O) groups is 1. The number of carbonyl (C=O) groups excluding carboxylic acids is 1. The highest BCUT2D eigenvalue weighted by atomic mass is 16.7. The van der Waals surface area contributed by atoms with Crippen LogP contribution in [0, 0.1) is 0 Å². The second-order valence-corrected chi connectivity index (χ2v) is 10.5. The molecular weight excluding hydrogens is 406 g/mol. The molecule has 0 bridgehead atoms. The zero-order valence-electron chi connectivity index (χ0n) is 22.0. The lowest BCUT2D eigenvalue weighted by molar-refractivity contribution is -0.147. The highest BCUT2D eigenvalue weighted by Gasteiger charge is 2.34. The number of hydroxylamine groups is 1. The van der Waals surface area contributed by atoms with Gasteiger partial charge in [0.25, 0.3) is 0 Å². The lowest BCUT2D eigenvalue weighted by Crippen LogP contribution is -2.46. The van der Waals surface area contributed by atoms with Crippen molar-refractivity contribution in [2.45, 2.75) is 136 Å². The number of para-hydroxylation sites is 1. The zero-order valence-corrected chi connectivity index (χ0v) is 22.0. The molecular formula is C30H49NO2. The molecule has 0 fully saturated rings. The molecule has 2 rings (SSSR count). The summed E-state index contributed by atoms with van der Waals surface area (Å²) >= 11 is 0. The van der Waals surface area contributed by atoms with Crippen LogP contribution in [0.25, 0.3) is 5.57 Å². The third kappa shape index (κ3) is 9.94. The van der Waals surface area contributed by atoms with Gasteiger partial charge < -0.3 is 4.84 Å². The van der Waals surface area contributed by atoms with Gasteiger partial charge in [-0.2, -0.15) is 5.06 Å². The average molecular weight is 456 g/mol. The minimum absolute atomic E-state index is 0.125. The molecule has 33 heavy (non-hydrogen) atoms. The van der Waals surface area contributed by atoms with E-state index in [2.05, 4.69) is 39.8 Å². The number of allylic oxidation sites excluding steroid dienone is 1. The molecule has 1 aromatic rings. The maximum absolute atomic E-state index is 12.5. The first-order chi connectivity index (χ1) is 16.0. The Bertz CT molecular complexity index is 722. The van der Waals surface area contributed by atoms with Crippen LogP contribution in [-0.4, -0.2) is 11.5 Å². The van der Waals surface area contributed by atoms with Crippen molar-refractivity contribution in [3.05, 3.63) is 35.9 Å². The molecule has 1 heterocycles. The third-order valence-corrected chi connectivity index (χ3v) is 6.82. The summed E-state index contributed by atoms with van der Waals surface area (Å²) in [4.78, 5) is 18.4. The number of rotatable bonds is 17. The van der Waals surface area contributed by atoms with E-state index in [1.54, 1.807) is 5.06 Å². The minimum atomic E-state index is -0.344. The molecule has 0 amide bonds. The lowest BCUT2D eigenvalue weighted by Gasteiger charge is -2.40. The molecule has 1 aliphatic heterocycles. The molecule has 0 radical (unpaired) electrons. The summed E-state index contributed by atoms with van der Waals surface area (Å²) in [5.41, 5.74) is 3.00. The van der Waals surface area contributed by atoms with Crippen LogP contribution >= 0.6 is 0 Å². The molecule has 1 aliphatic rings. The first-order valence-electron chi connectivity index (χ1n) is 13.8. The monoisotopic (exact) mass is 455 g/mol. The number of nitrogens with zero attached hydrogens (tertiary/aromatic N) is 1. The predicted molar refractivity (Wildman–Crippen MR) is 142 cm³/mol. The van der Waals surface area contributed by atoms with E-state index < -0.39 is 0 Å². The van der Waals surface area contributed by atoms with Gasteiger partial charge in [-0.25, -0.2) is 4.79 Å². The van der Waals surface area contributed by atoms with Crippen LogP contribution in [0.1, 0.15) is 136 Å². The van der Waals surface area contributed by atoms with Gasteiger partial charge in [-0.05, 0) is 38.8 Å². The van der Waals surface area contributed by atoms with Crippen LogP contribution in [0.4, 0.5) is 5.69 Å². The summed E-state index contributed by atoms with van der Waals surface area (Å²) in [7, 11) is 0. The number of benzene rings is 1. The van der Waals surface area contributed by atoms with Crippen LogP contribution in [0.5, 0.6) is 0 Å². The van der Waals surface area contributed by atoms with Crippen LogP contribution in [0.2, 0.25) is 0 Å². The van der Waals surface area contributed by atoms with Gasteiger partial charge >= 0.3 is 5.97 Å². The Morgan fingerprint density at radius 1 is 0.788 bits per heavy atom. The van der Waals surface area contributed by atoms with Crippen LogP contribution in [0.15, 0.2) is 30.3 Å². The van der Waals surface area contributed by atoms with E-state index in [0.717, 1.165) is 24.1 Å². The normalized spacial score (nSPS) is 14.7. The molecule has 0 aromatic heterocycles. The van der Waals surface area contributed by atoms with E-state index in [-0.39, 0.29) is 11.5 Å². The first-order valence-corrected chi connectivity index (χ1v) is 13.8. The molecule has 186 valence electrons. The molecule has 0 atom stereocenters. The largest absolute Gasteiger partial charge is 0.340 e. The van der Waals surface area contributed by atoms with E-state index in [0.29, 0.717) is 6.42 Å². The van der Waals surface area contributed by atoms with Gasteiger partial charge in [-0.1, -0.05) is 121 Å². The van der Waals surface area contributed by atoms with Gasteiger partial charge in [-0.15, -0.1) is 0 Å². The summed E-state index contributed by atoms with van der Waals surface area (Å²) in [5, 5.41) is 1.79. The smallest absolute Gasteiger partial charge is 0.332 e. The Morgan fingerprint density at radius 2 is 1.27 bits per heavy atom. The fourth-order valence-corrected chi connectivity index (χ4v) is 4.92. The summed E-state index contributed by atoms with van der Waals surface area (Å²) in [6.45, 7) is 8.58. The van der Waals surface area contributed by atoms with E-state index >= 15 is 0 Å². The molecule has 0 aliphatic carbocycles. The van der Waals surface area contributed by atoms with Gasteiger partial charge in [-0.3, -0.25) is 0 Å². The van der Waals surface area contributed by atoms with Gasteiger partial charge in [0.05, 0.1) is 11.2 Å². The third-order valence-electron chi connectivity index (χ3n) is 6.82. The summed E-state index contributed by atoms with van der Waals surface area (Å²) in [6, 6.07) is 8.16. The van der Waals surface area contributed by atoms with Crippen molar-refractivity contribution in [1.82, 2.24) is 0 Å². The van der Waals surface area contributed by atoms with Crippen LogP contribution in [-0.2, 0) is 9.63 Å². The number of hydrogen-bond donors (Lipinski definition) is 0. The van der Waals surface area contributed by atoms with Gasteiger partial charge in [0.1, 0.15) is 0 Å². The fourth-order valence-electron chi connectivity index (χ4n) is 4.92. The van der Waals surface area contributed by atoms with Crippen molar-refractivity contribution >= 4 is 17.2 Å².